The van der Waals surface area contributed by atoms with Crippen LogP contribution in [0.1, 0.15) is 38.5 Å². The van der Waals surface area contributed by atoms with Crippen LogP contribution in [0.15, 0.2) is 44.4 Å². The number of hydrogen-bond donors (Lipinski definition) is 2. The second-order valence-corrected chi connectivity index (χ2v) is 8.26. The third-order valence-corrected chi connectivity index (χ3v) is 6.07. The van der Waals surface area contributed by atoms with Gasteiger partial charge < -0.3 is 9.73 Å². The molecule has 0 amide bonds. The van der Waals surface area contributed by atoms with Gasteiger partial charge in [0.05, 0.1) is 4.90 Å². The van der Waals surface area contributed by atoms with Crippen molar-refractivity contribution in [3.8, 4) is 0 Å². The number of hydrogen-bond acceptors (Lipinski definition) is 5. The van der Waals surface area contributed by atoms with Gasteiger partial charge in [0.2, 0.25) is 10.0 Å². The van der Waals surface area contributed by atoms with Gasteiger partial charge in [-0.2, -0.15) is 0 Å². The van der Waals surface area contributed by atoms with Crippen LogP contribution >= 0.6 is 12.4 Å². The Hall–Kier alpha value is -1.41. The Balaban J connectivity index is 0.00000243. The highest BCUT2D eigenvalue weighted by molar-refractivity contribution is 7.89. The quantitative estimate of drug-likeness (QED) is 0.442. The van der Waals surface area contributed by atoms with E-state index in [1.54, 1.807) is 6.07 Å². The highest BCUT2D eigenvalue weighted by atomic mass is 35.5. The molecule has 0 saturated heterocycles. The van der Waals surface area contributed by atoms with Crippen molar-refractivity contribution in [2.75, 3.05) is 13.1 Å². The molecule has 1 saturated carbocycles. The molecule has 0 bridgehead atoms. The minimum absolute atomic E-state index is 0. The molecule has 1 aromatic carbocycles. The molecule has 0 aliphatic heterocycles. The standard InChI is InChI=1S/C18H24N2O4S.ClH/c21-18-10-7-14-13-16(8-9-17(14)24-18)25(22,23)20-12-11-19-15-5-3-1-2-4-6-15;/h7-10,13,15,19-20H,1-6,11-12H2;1H. The molecule has 1 fully saturated rings. The molecule has 144 valence electrons. The fraction of sp³-hybridized carbons (Fsp3) is 0.500. The van der Waals surface area contributed by atoms with Crippen LogP contribution in [0.25, 0.3) is 11.0 Å². The van der Waals surface area contributed by atoms with Gasteiger partial charge in [-0.15, -0.1) is 12.4 Å². The van der Waals surface area contributed by atoms with E-state index in [1.165, 1.54) is 62.8 Å². The summed E-state index contributed by atoms with van der Waals surface area (Å²) in [5.74, 6) is 0. The van der Waals surface area contributed by atoms with E-state index < -0.39 is 15.6 Å². The van der Waals surface area contributed by atoms with Crippen molar-refractivity contribution < 1.29 is 12.8 Å². The Kier molecular flexibility index (Phi) is 7.64. The average Bonchev–Trinajstić information content (AvgIpc) is 2.87. The van der Waals surface area contributed by atoms with Crippen molar-refractivity contribution in [3.63, 3.8) is 0 Å². The molecule has 26 heavy (non-hydrogen) atoms. The van der Waals surface area contributed by atoms with E-state index in [0.717, 1.165) is 0 Å². The Morgan fingerprint density at radius 2 is 1.73 bits per heavy atom. The third kappa shape index (κ3) is 5.54. The number of benzene rings is 1. The molecule has 8 heteroatoms. The van der Waals surface area contributed by atoms with Crippen LogP contribution < -0.4 is 15.7 Å². The van der Waals surface area contributed by atoms with Crippen molar-refractivity contribution in [2.24, 2.45) is 0 Å². The summed E-state index contributed by atoms with van der Waals surface area (Å²) in [7, 11) is -3.58. The lowest BCUT2D eigenvalue weighted by molar-refractivity contribution is 0.461. The lowest BCUT2D eigenvalue weighted by Gasteiger charge is -2.16. The molecule has 1 heterocycles. The Labute approximate surface area is 159 Å². The predicted molar refractivity (Wildman–Crippen MR) is 104 cm³/mol. The summed E-state index contributed by atoms with van der Waals surface area (Å²) >= 11 is 0. The van der Waals surface area contributed by atoms with Crippen LogP contribution in [-0.2, 0) is 10.0 Å². The van der Waals surface area contributed by atoms with Crippen LogP contribution in [-0.4, -0.2) is 27.5 Å². The molecule has 1 aromatic heterocycles. The van der Waals surface area contributed by atoms with Crippen molar-refractivity contribution in [1.82, 2.24) is 10.0 Å². The van der Waals surface area contributed by atoms with Gasteiger partial charge in [0.15, 0.2) is 0 Å². The number of halogens is 1. The summed E-state index contributed by atoms with van der Waals surface area (Å²) in [6.07, 6.45) is 7.43. The van der Waals surface area contributed by atoms with Crippen LogP contribution in [0.2, 0.25) is 0 Å². The summed E-state index contributed by atoms with van der Waals surface area (Å²) in [6, 6.07) is 7.81. The summed E-state index contributed by atoms with van der Waals surface area (Å²) in [5, 5.41) is 4.03. The zero-order valence-corrected chi connectivity index (χ0v) is 16.2. The fourth-order valence-electron chi connectivity index (χ4n) is 3.25. The lowest BCUT2D eigenvalue weighted by atomic mass is 10.1. The van der Waals surface area contributed by atoms with E-state index in [2.05, 4.69) is 10.0 Å². The van der Waals surface area contributed by atoms with Crippen molar-refractivity contribution in [1.29, 1.82) is 0 Å². The minimum Gasteiger partial charge on any atom is -0.423 e. The first kappa shape index (κ1) is 20.9. The molecule has 2 N–H and O–H groups in total. The first-order valence-corrected chi connectivity index (χ1v) is 10.3. The maximum Gasteiger partial charge on any atom is 0.336 e. The molecular weight excluding hydrogens is 376 g/mol. The van der Waals surface area contributed by atoms with Crippen LogP contribution in [0.5, 0.6) is 0 Å². The van der Waals surface area contributed by atoms with Gasteiger partial charge in [-0.25, -0.2) is 17.9 Å². The van der Waals surface area contributed by atoms with Crippen LogP contribution in [0.3, 0.4) is 0 Å². The van der Waals surface area contributed by atoms with E-state index >= 15 is 0 Å². The highest BCUT2D eigenvalue weighted by Crippen LogP contribution is 2.18. The first-order chi connectivity index (χ1) is 12.0. The lowest BCUT2D eigenvalue weighted by Crippen LogP contribution is -2.36. The molecule has 2 aromatic rings. The van der Waals surface area contributed by atoms with Gasteiger partial charge >= 0.3 is 5.63 Å². The summed E-state index contributed by atoms with van der Waals surface area (Å²) < 4.78 is 32.5. The molecule has 6 nitrogen and oxygen atoms in total. The number of sulfonamides is 1. The minimum atomic E-state index is -3.58. The second-order valence-electron chi connectivity index (χ2n) is 6.49. The fourth-order valence-corrected chi connectivity index (χ4v) is 4.31. The topological polar surface area (TPSA) is 88.4 Å². The third-order valence-electron chi connectivity index (χ3n) is 4.61. The van der Waals surface area contributed by atoms with E-state index in [9.17, 15) is 13.2 Å². The van der Waals surface area contributed by atoms with Gasteiger partial charge in [0.1, 0.15) is 5.58 Å². The zero-order valence-electron chi connectivity index (χ0n) is 14.6. The van der Waals surface area contributed by atoms with Crippen molar-refractivity contribution in [2.45, 2.75) is 49.5 Å². The maximum absolute atomic E-state index is 12.4. The van der Waals surface area contributed by atoms with E-state index in [4.69, 9.17) is 4.42 Å². The van der Waals surface area contributed by atoms with Crippen molar-refractivity contribution in [3.05, 3.63) is 40.8 Å². The normalized spacial score (nSPS) is 16.2. The molecule has 0 spiro atoms. The largest absolute Gasteiger partial charge is 0.423 e. The first-order valence-electron chi connectivity index (χ1n) is 8.81. The number of rotatable bonds is 6. The van der Waals surface area contributed by atoms with E-state index in [0.29, 0.717) is 30.1 Å². The summed E-state index contributed by atoms with van der Waals surface area (Å²) in [4.78, 5) is 11.4. The summed E-state index contributed by atoms with van der Waals surface area (Å²) in [6.45, 7) is 0.965. The monoisotopic (exact) mass is 400 g/mol. The molecular formula is C18H25ClN2O4S. The van der Waals surface area contributed by atoms with Gasteiger partial charge in [-0.3, -0.25) is 0 Å². The van der Waals surface area contributed by atoms with E-state index in [-0.39, 0.29) is 17.3 Å². The van der Waals surface area contributed by atoms with Crippen LogP contribution in [0, 0.1) is 0 Å². The van der Waals surface area contributed by atoms with Crippen molar-refractivity contribution >= 4 is 33.4 Å². The van der Waals surface area contributed by atoms with Gasteiger partial charge in [-0.1, -0.05) is 25.7 Å². The Bertz CT molecular complexity index is 874. The number of fused-ring (bicyclic) bond motifs is 1. The van der Waals surface area contributed by atoms with Crippen LogP contribution in [0.4, 0.5) is 0 Å². The molecule has 1 aliphatic rings. The Morgan fingerprint density at radius 1 is 1.00 bits per heavy atom. The zero-order chi connectivity index (χ0) is 17.7. The van der Waals surface area contributed by atoms with Gasteiger partial charge in [0, 0.05) is 30.6 Å². The molecule has 3 rings (SSSR count). The molecule has 1 aliphatic carbocycles. The highest BCUT2D eigenvalue weighted by Gasteiger charge is 2.15. The number of nitrogens with one attached hydrogen (secondary N) is 2. The van der Waals surface area contributed by atoms with E-state index in [1.807, 2.05) is 0 Å². The van der Waals surface area contributed by atoms with Gasteiger partial charge in [0.25, 0.3) is 0 Å². The summed E-state index contributed by atoms with van der Waals surface area (Å²) in [5.41, 5.74) is -0.0766. The van der Waals surface area contributed by atoms with Gasteiger partial charge in [-0.05, 0) is 37.1 Å². The predicted octanol–water partition coefficient (Wildman–Crippen LogP) is 2.81. The smallest absolute Gasteiger partial charge is 0.336 e. The second kappa shape index (κ2) is 9.50. The molecule has 0 atom stereocenters. The molecule has 0 unspecified atom stereocenters. The molecule has 0 radical (unpaired) electrons. The maximum atomic E-state index is 12.4. The SMILES string of the molecule is Cl.O=c1ccc2cc(S(=O)(=O)NCCNC3CCCCCC3)ccc2o1. The Morgan fingerprint density at radius 3 is 2.46 bits per heavy atom. The average molecular weight is 401 g/mol.